The summed E-state index contributed by atoms with van der Waals surface area (Å²) in [6.45, 7) is 3.93. The molecule has 1 aromatic heterocycles. The molecular weight excluding hydrogens is 455 g/mol. The van der Waals surface area contributed by atoms with E-state index in [0.717, 1.165) is 16.7 Å². The first-order valence-corrected chi connectivity index (χ1v) is 10.5. The summed E-state index contributed by atoms with van der Waals surface area (Å²) in [5.41, 5.74) is 4.14. The van der Waals surface area contributed by atoms with Crippen molar-refractivity contribution in [1.82, 2.24) is 14.8 Å². The van der Waals surface area contributed by atoms with Gasteiger partial charge in [0.2, 0.25) is 5.82 Å². The van der Waals surface area contributed by atoms with Gasteiger partial charge in [-0.15, -0.1) is 5.10 Å². The monoisotopic (exact) mass is 470 g/mol. The molecule has 0 bridgehead atoms. The third kappa shape index (κ3) is 4.59. The van der Waals surface area contributed by atoms with Crippen molar-refractivity contribution in [3.8, 4) is 17.1 Å². The number of anilines is 1. The van der Waals surface area contributed by atoms with E-state index in [1.54, 1.807) is 35.0 Å². The van der Waals surface area contributed by atoms with Crippen LogP contribution < -0.4 is 5.32 Å². The van der Waals surface area contributed by atoms with Gasteiger partial charge in [0.25, 0.3) is 5.91 Å². The summed E-state index contributed by atoms with van der Waals surface area (Å²) in [7, 11) is 0. The van der Waals surface area contributed by atoms with Crippen LogP contribution >= 0.6 is 34.8 Å². The highest BCUT2D eigenvalue weighted by Crippen LogP contribution is 2.28. The van der Waals surface area contributed by atoms with Crippen LogP contribution in [0.15, 0.2) is 60.7 Å². The molecule has 0 aliphatic rings. The number of nitrogens with zero attached hydrogens (tertiary/aromatic N) is 3. The Labute approximate surface area is 194 Å². The van der Waals surface area contributed by atoms with E-state index in [1.165, 1.54) is 0 Å². The molecule has 0 aliphatic heterocycles. The fraction of sp³-hybridized carbons (Fsp3) is 0.0870. The average molecular weight is 472 g/mol. The lowest BCUT2D eigenvalue weighted by atomic mass is 10.1. The molecular formula is C23H17Cl3N4O. The van der Waals surface area contributed by atoms with E-state index in [-0.39, 0.29) is 5.82 Å². The molecule has 4 aromatic rings. The van der Waals surface area contributed by atoms with Crippen molar-refractivity contribution in [3.63, 3.8) is 0 Å². The summed E-state index contributed by atoms with van der Waals surface area (Å²) in [6, 6.07) is 18.0. The molecule has 0 unspecified atom stereocenters. The zero-order valence-electron chi connectivity index (χ0n) is 16.7. The largest absolute Gasteiger partial charge is 0.319 e. The third-order valence-electron chi connectivity index (χ3n) is 4.69. The Kier molecular flexibility index (Phi) is 6.01. The number of carbonyl (C=O) groups is 1. The van der Waals surface area contributed by atoms with Crippen molar-refractivity contribution >= 4 is 46.4 Å². The summed E-state index contributed by atoms with van der Waals surface area (Å²) in [5, 5.41) is 8.72. The van der Waals surface area contributed by atoms with Gasteiger partial charge in [0.1, 0.15) is 0 Å². The first-order valence-electron chi connectivity index (χ1n) is 9.39. The van der Waals surface area contributed by atoms with E-state index in [2.05, 4.69) is 15.4 Å². The Balaban J connectivity index is 1.77. The van der Waals surface area contributed by atoms with E-state index < -0.39 is 5.91 Å². The Morgan fingerprint density at radius 3 is 2.32 bits per heavy atom. The van der Waals surface area contributed by atoms with Crippen LogP contribution in [0, 0.1) is 13.8 Å². The topological polar surface area (TPSA) is 59.8 Å². The van der Waals surface area contributed by atoms with Gasteiger partial charge >= 0.3 is 0 Å². The summed E-state index contributed by atoms with van der Waals surface area (Å²) in [4.78, 5) is 17.4. The van der Waals surface area contributed by atoms with E-state index in [1.807, 2.05) is 44.2 Å². The van der Waals surface area contributed by atoms with Crippen LogP contribution in [-0.2, 0) is 0 Å². The molecule has 0 radical (unpaired) electrons. The number of hydrogen-bond acceptors (Lipinski definition) is 3. The highest BCUT2D eigenvalue weighted by Gasteiger charge is 2.20. The Morgan fingerprint density at radius 2 is 1.65 bits per heavy atom. The predicted octanol–water partition coefficient (Wildman–Crippen LogP) is 6.76. The van der Waals surface area contributed by atoms with Gasteiger partial charge < -0.3 is 5.32 Å². The van der Waals surface area contributed by atoms with Crippen LogP contribution in [0.5, 0.6) is 0 Å². The average Bonchev–Trinajstić information content (AvgIpc) is 3.18. The fourth-order valence-electron chi connectivity index (χ4n) is 3.12. The smallest absolute Gasteiger partial charge is 0.295 e. The minimum Gasteiger partial charge on any atom is -0.319 e. The lowest BCUT2D eigenvalue weighted by molar-refractivity contribution is 0.101. The summed E-state index contributed by atoms with van der Waals surface area (Å²) >= 11 is 18.3. The normalized spacial score (nSPS) is 10.9. The molecule has 4 rings (SSSR count). The van der Waals surface area contributed by atoms with Crippen molar-refractivity contribution in [1.29, 1.82) is 0 Å². The SMILES string of the molecule is Cc1ccc(NC(=O)c2nc(-c3ccc(Cl)cc3)n(-c3ccc(Cl)c(Cl)c3)n2)c(C)c1. The number of benzene rings is 3. The van der Waals surface area contributed by atoms with Crippen LogP contribution in [0.4, 0.5) is 5.69 Å². The lowest BCUT2D eigenvalue weighted by Crippen LogP contribution is -2.15. The van der Waals surface area contributed by atoms with Gasteiger partial charge in [0.15, 0.2) is 5.82 Å². The van der Waals surface area contributed by atoms with Gasteiger partial charge in [-0.3, -0.25) is 4.79 Å². The number of aryl methyl sites for hydroxylation is 2. The quantitative estimate of drug-likeness (QED) is 0.357. The number of hydrogen-bond donors (Lipinski definition) is 1. The zero-order chi connectivity index (χ0) is 22.1. The second-order valence-corrected chi connectivity index (χ2v) is 8.30. The van der Waals surface area contributed by atoms with Gasteiger partial charge in [-0.25, -0.2) is 9.67 Å². The second-order valence-electron chi connectivity index (χ2n) is 7.05. The lowest BCUT2D eigenvalue weighted by Gasteiger charge is -2.07. The maximum Gasteiger partial charge on any atom is 0.295 e. The van der Waals surface area contributed by atoms with Crippen LogP contribution in [0.1, 0.15) is 21.7 Å². The van der Waals surface area contributed by atoms with Crippen molar-refractivity contribution < 1.29 is 4.79 Å². The van der Waals surface area contributed by atoms with E-state index >= 15 is 0 Å². The number of nitrogens with one attached hydrogen (secondary N) is 1. The third-order valence-corrected chi connectivity index (χ3v) is 5.68. The molecule has 31 heavy (non-hydrogen) atoms. The molecule has 1 amide bonds. The Bertz CT molecular complexity index is 1280. The van der Waals surface area contributed by atoms with Crippen LogP contribution in [0.2, 0.25) is 15.1 Å². The van der Waals surface area contributed by atoms with Gasteiger partial charge in [-0.05, 0) is 67.9 Å². The Hall–Kier alpha value is -2.86. The minimum absolute atomic E-state index is 0.0241. The van der Waals surface area contributed by atoms with Crippen LogP contribution in [0.25, 0.3) is 17.1 Å². The first-order chi connectivity index (χ1) is 14.8. The van der Waals surface area contributed by atoms with Crippen molar-refractivity contribution in [2.75, 3.05) is 5.32 Å². The zero-order valence-corrected chi connectivity index (χ0v) is 18.9. The second kappa shape index (κ2) is 8.71. The van der Waals surface area contributed by atoms with Gasteiger partial charge in [-0.1, -0.05) is 52.5 Å². The van der Waals surface area contributed by atoms with E-state index in [9.17, 15) is 4.79 Å². The van der Waals surface area contributed by atoms with Crippen molar-refractivity contribution in [2.24, 2.45) is 0 Å². The summed E-state index contributed by atoms with van der Waals surface area (Å²) in [5.74, 6) is 0.0813. The number of amides is 1. The first kappa shape index (κ1) is 21.4. The standard InChI is InChI=1S/C23H17Cl3N4O/c1-13-3-10-20(14(2)11-13)27-23(31)21-28-22(15-4-6-16(24)7-5-15)30(29-21)17-8-9-18(25)19(26)12-17/h3-12H,1-2H3,(H,27,31). The highest BCUT2D eigenvalue weighted by atomic mass is 35.5. The maximum absolute atomic E-state index is 12.9. The van der Waals surface area contributed by atoms with E-state index in [0.29, 0.717) is 32.3 Å². The highest BCUT2D eigenvalue weighted by molar-refractivity contribution is 6.42. The molecule has 3 aromatic carbocycles. The van der Waals surface area contributed by atoms with Crippen LogP contribution in [0.3, 0.4) is 0 Å². The molecule has 0 fully saturated rings. The van der Waals surface area contributed by atoms with Gasteiger partial charge in [-0.2, -0.15) is 0 Å². The fourth-order valence-corrected chi connectivity index (χ4v) is 3.54. The Morgan fingerprint density at radius 1 is 0.903 bits per heavy atom. The molecule has 0 spiro atoms. The van der Waals surface area contributed by atoms with Crippen LogP contribution in [-0.4, -0.2) is 20.7 Å². The summed E-state index contributed by atoms with van der Waals surface area (Å²) in [6.07, 6.45) is 0. The maximum atomic E-state index is 12.9. The molecule has 0 atom stereocenters. The van der Waals surface area contributed by atoms with E-state index in [4.69, 9.17) is 34.8 Å². The number of aromatic nitrogens is 3. The molecule has 156 valence electrons. The summed E-state index contributed by atoms with van der Waals surface area (Å²) < 4.78 is 1.56. The molecule has 1 N–H and O–H groups in total. The van der Waals surface area contributed by atoms with Gasteiger partial charge in [0.05, 0.1) is 15.7 Å². The number of rotatable bonds is 4. The molecule has 0 saturated heterocycles. The predicted molar refractivity (Wildman–Crippen MR) is 126 cm³/mol. The molecule has 0 aliphatic carbocycles. The number of halogens is 3. The van der Waals surface area contributed by atoms with Crippen molar-refractivity contribution in [2.45, 2.75) is 13.8 Å². The molecule has 0 saturated carbocycles. The minimum atomic E-state index is -0.416. The molecule has 8 heteroatoms. The number of carbonyl (C=O) groups excluding carboxylic acids is 1. The molecule has 1 heterocycles. The van der Waals surface area contributed by atoms with Crippen molar-refractivity contribution in [3.05, 3.63) is 92.7 Å². The molecule has 5 nitrogen and oxygen atoms in total. The van der Waals surface area contributed by atoms with Gasteiger partial charge in [0, 0.05) is 16.3 Å².